The number of aliphatic hydroxyl groups excluding tert-OH is 2. The van der Waals surface area contributed by atoms with Crippen LogP contribution in [0, 0.1) is 0 Å². The van der Waals surface area contributed by atoms with Crippen molar-refractivity contribution < 1.29 is 10.2 Å². The number of hydrogen-bond acceptors (Lipinski definition) is 3. The van der Waals surface area contributed by atoms with Gasteiger partial charge in [-0.05, 0) is 36.3 Å². The van der Waals surface area contributed by atoms with E-state index in [9.17, 15) is 0 Å². The molecule has 0 heterocycles. The second-order valence-electron chi connectivity index (χ2n) is 5.04. The lowest BCUT2D eigenvalue weighted by Gasteiger charge is -2.30. The average Bonchev–Trinajstić information content (AvgIpc) is 2.40. The van der Waals surface area contributed by atoms with Crippen molar-refractivity contribution in [1.29, 1.82) is 0 Å². The molecule has 0 aromatic heterocycles. The van der Waals surface area contributed by atoms with Crippen molar-refractivity contribution in [3.8, 4) is 0 Å². The molecule has 1 unspecified atom stereocenters. The van der Waals surface area contributed by atoms with Gasteiger partial charge < -0.3 is 10.2 Å². The molecule has 1 aromatic carbocycles. The molecule has 0 spiro atoms. The van der Waals surface area contributed by atoms with E-state index in [1.807, 2.05) is 0 Å². The van der Waals surface area contributed by atoms with Crippen molar-refractivity contribution in [2.75, 3.05) is 32.8 Å². The number of hydrogen-bond donors (Lipinski definition) is 2. The van der Waals surface area contributed by atoms with Crippen molar-refractivity contribution in [3.63, 3.8) is 0 Å². The van der Waals surface area contributed by atoms with Gasteiger partial charge in [0.25, 0.3) is 0 Å². The number of aliphatic hydroxyl groups is 2. The summed E-state index contributed by atoms with van der Waals surface area (Å²) in [7, 11) is 0. The Kier molecular flexibility index (Phi) is 5.17. The first-order chi connectivity index (χ1) is 8.85. The first-order valence-corrected chi connectivity index (χ1v) is 6.87. The van der Waals surface area contributed by atoms with E-state index < -0.39 is 0 Å². The Bertz CT molecular complexity index is 361. The third kappa shape index (κ3) is 3.31. The zero-order chi connectivity index (χ0) is 12.8. The molecular formula is C15H23NO2. The molecular weight excluding hydrogens is 226 g/mol. The summed E-state index contributed by atoms with van der Waals surface area (Å²) in [6.07, 6.45) is 3.64. The van der Waals surface area contributed by atoms with Crippen LogP contribution in [-0.2, 0) is 6.42 Å². The van der Waals surface area contributed by atoms with Crippen LogP contribution in [0.15, 0.2) is 24.3 Å². The maximum absolute atomic E-state index is 9.06. The van der Waals surface area contributed by atoms with Gasteiger partial charge in [0, 0.05) is 19.6 Å². The summed E-state index contributed by atoms with van der Waals surface area (Å²) >= 11 is 0. The summed E-state index contributed by atoms with van der Waals surface area (Å²) < 4.78 is 0. The summed E-state index contributed by atoms with van der Waals surface area (Å²) in [5, 5.41) is 18.1. The summed E-state index contributed by atoms with van der Waals surface area (Å²) in [5.74, 6) is 0.549. The molecule has 100 valence electrons. The van der Waals surface area contributed by atoms with Gasteiger partial charge in [-0.1, -0.05) is 24.3 Å². The number of aryl methyl sites for hydroxylation is 1. The maximum Gasteiger partial charge on any atom is 0.0558 e. The van der Waals surface area contributed by atoms with Crippen LogP contribution in [0.4, 0.5) is 0 Å². The Hall–Kier alpha value is -0.900. The van der Waals surface area contributed by atoms with Crippen LogP contribution in [-0.4, -0.2) is 48.0 Å². The number of benzene rings is 1. The molecule has 1 aromatic rings. The Morgan fingerprint density at radius 1 is 1.11 bits per heavy atom. The predicted octanol–water partition coefficient (Wildman–Crippen LogP) is 1.39. The summed E-state index contributed by atoms with van der Waals surface area (Å²) in [6.45, 7) is 2.57. The maximum atomic E-state index is 9.06. The second-order valence-corrected chi connectivity index (χ2v) is 5.04. The molecule has 1 aliphatic rings. The van der Waals surface area contributed by atoms with E-state index in [0.29, 0.717) is 19.0 Å². The van der Waals surface area contributed by atoms with Gasteiger partial charge in [0.15, 0.2) is 0 Å². The Morgan fingerprint density at radius 2 is 1.83 bits per heavy atom. The molecule has 3 nitrogen and oxygen atoms in total. The fourth-order valence-corrected chi connectivity index (χ4v) is 2.93. The molecule has 0 aliphatic heterocycles. The van der Waals surface area contributed by atoms with Crippen LogP contribution >= 0.6 is 0 Å². The molecule has 0 saturated carbocycles. The normalized spacial score (nSPS) is 18.9. The zero-order valence-corrected chi connectivity index (χ0v) is 10.9. The topological polar surface area (TPSA) is 43.7 Å². The molecule has 0 bridgehead atoms. The van der Waals surface area contributed by atoms with Crippen LogP contribution < -0.4 is 0 Å². The van der Waals surface area contributed by atoms with Crippen LogP contribution in [0.5, 0.6) is 0 Å². The van der Waals surface area contributed by atoms with Crippen LogP contribution in [0.3, 0.4) is 0 Å². The van der Waals surface area contributed by atoms with Crippen molar-refractivity contribution in [1.82, 2.24) is 4.90 Å². The SMILES string of the molecule is OCCN(CCO)CC1CCCc2ccccc21. The van der Waals surface area contributed by atoms with Gasteiger partial charge in [0.1, 0.15) is 0 Å². The molecule has 0 saturated heterocycles. The van der Waals surface area contributed by atoms with E-state index in [1.165, 1.54) is 30.4 Å². The summed E-state index contributed by atoms with van der Waals surface area (Å²) in [4.78, 5) is 2.16. The molecule has 0 radical (unpaired) electrons. The Balaban J connectivity index is 2.05. The van der Waals surface area contributed by atoms with Crippen molar-refractivity contribution in [2.45, 2.75) is 25.2 Å². The highest BCUT2D eigenvalue weighted by Gasteiger charge is 2.21. The van der Waals surface area contributed by atoms with E-state index in [1.54, 1.807) is 0 Å². The Labute approximate surface area is 109 Å². The van der Waals surface area contributed by atoms with Gasteiger partial charge in [-0.15, -0.1) is 0 Å². The van der Waals surface area contributed by atoms with Crippen molar-refractivity contribution in [3.05, 3.63) is 35.4 Å². The van der Waals surface area contributed by atoms with Gasteiger partial charge in [0.2, 0.25) is 0 Å². The average molecular weight is 249 g/mol. The van der Waals surface area contributed by atoms with E-state index in [0.717, 1.165) is 6.54 Å². The predicted molar refractivity (Wildman–Crippen MR) is 72.7 cm³/mol. The number of fused-ring (bicyclic) bond motifs is 1. The third-order valence-electron chi connectivity index (χ3n) is 3.80. The molecule has 0 fully saturated rings. The van der Waals surface area contributed by atoms with E-state index in [2.05, 4.69) is 29.2 Å². The first-order valence-electron chi connectivity index (χ1n) is 6.87. The Morgan fingerprint density at radius 3 is 2.56 bits per heavy atom. The molecule has 3 heteroatoms. The highest BCUT2D eigenvalue weighted by atomic mass is 16.3. The lowest BCUT2D eigenvalue weighted by Crippen LogP contribution is -2.34. The minimum Gasteiger partial charge on any atom is -0.395 e. The number of nitrogens with zero attached hydrogens (tertiary/aromatic N) is 1. The minimum atomic E-state index is 0.161. The smallest absolute Gasteiger partial charge is 0.0558 e. The molecule has 1 aliphatic carbocycles. The number of rotatable bonds is 6. The lowest BCUT2D eigenvalue weighted by molar-refractivity contribution is 0.152. The van der Waals surface area contributed by atoms with Gasteiger partial charge in [0.05, 0.1) is 13.2 Å². The fourth-order valence-electron chi connectivity index (χ4n) is 2.93. The summed E-state index contributed by atoms with van der Waals surface area (Å²) in [6, 6.07) is 8.68. The minimum absolute atomic E-state index is 0.161. The monoisotopic (exact) mass is 249 g/mol. The van der Waals surface area contributed by atoms with Crippen molar-refractivity contribution in [2.24, 2.45) is 0 Å². The van der Waals surface area contributed by atoms with E-state index in [4.69, 9.17) is 10.2 Å². The largest absolute Gasteiger partial charge is 0.395 e. The van der Waals surface area contributed by atoms with Gasteiger partial charge in [-0.2, -0.15) is 0 Å². The summed E-state index contributed by atoms with van der Waals surface area (Å²) in [5.41, 5.74) is 2.94. The molecule has 18 heavy (non-hydrogen) atoms. The lowest BCUT2D eigenvalue weighted by atomic mass is 9.82. The first kappa shape index (κ1) is 13.5. The standard InChI is InChI=1S/C15H23NO2/c17-10-8-16(9-11-18)12-14-6-3-5-13-4-1-2-7-15(13)14/h1-2,4,7,14,17-18H,3,5-6,8-12H2. The third-order valence-corrected chi connectivity index (χ3v) is 3.80. The molecule has 2 N–H and O–H groups in total. The second kappa shape index (κ2) is 6.88. The highest BCUT2D eigenvalue weighted by Crippen LogP contribution is 2.31. The van der Waals surface area contributed by atoms with Crippen LogP contribution in [0.1, 0.15) is 29.9 Å². The van der Waals surface area contributed by atoms with Crippen LogP contribution in [0.2, 0.25) is 0 Å². The highest BCUT2D eigenvalue weighted by molar-refractivity contribution is 5.32. The van der Waals surface area contributed by atoms with Crippen molar-refractivity contribution >= 4 is 0 Å². The van der Waals surface area contributed by atoms with E-state index in [-0.39, 0.29) is 13.2 Å². The van der Waals surface area contributed by atoms with Gasteiger partial charge in [-0.3, -0.25) is 4.90 Å². The molecule has 0 amide bonds. The molecule has 1 atom stereocenters. The zero-order valence-electron chi connectivity index (χ0n) is 10.9. The van der Waals surface area contributed by atoms with E-state index >= 15 is 0 Å². The van der Waals surface area contributed by atoms with Gasteiger partial charge in [-0.25, -0.2) is 0 Å². The quantitative estimate of drug-likeness (QED) is 0.801. The molecule has 2 rings (SSSR count). The van der Waals surface area contributed by atoms with Crippen LogP contribution in [0.25, 0.3) is 0 Å². The fraction of sp³-hybridized carbons (Fsp3) is 0.600. The van der Waals surface area contributed by atoms with Gasteiger partial charge >= 0.3 is 0 Å².